The lowest BCUT2D eigenvalue weighted by atomic mass is 9.54. The average Bonchev–Trinajstić information content (AvgIpc) is 2.37. The van der Waals surface area contributed by atoms with Gasteiger partial charge in [-0.2, -0.15) is 0 Å². The molecule has 2 N–H and O–H groups in total. The van der Waals surface area contributed by atoms with E-state index in [0.717, 1.165) is 19.6 Å². The Morgan fingerprint density at radius 2 is 1.81 bits per heavy atom. The largest absolute Gasteiger partial charge is 0.378 e. The Labute approximate surface area is 129 Å². The van der Waals surface area contributed by atoms with Crippen LogP contribution in [0.2, 0.25) is 0 Å². The molecule has 1 aliphatic carbocycles. The molecule has 1 aromatic rings. The summed E-state index contributed by atoms with van der Waals surface area (Å²) in [4.78, 5) is 2.28. The molecule has 3 heteroatoms. The Morgan fingerprint density at radius 3 is 2.29 bits per heavy atom. The molecule has 2 rings (SSSR count). The second-order valence-electron chi connectivity index (χ2n) is 7.23. The van der Waals surface area contributed by atoms with Crippen molar-refractivity contribution in [2.45, 2.75) is 52.7 Å². The second kappa shape index (κ2) is 5.62. The second-order valence-corrected chi connectivity index (χ2v) is 7.23. The van der Waals surface area contributed by atoms with E-state index >= 15 is 0 Å². The zero-order chi connectivity index (χ0) is 15.8. The molecule has 3 nitrogen and oxygen atoms in total. The van der Waals surface area contributed by atoms with E-state index in [9.17, 15) is 0 Å². The van der Waals surface area contributed by atoms with E-state index in [4.69, 9.17) is 10.5 Å². The third kappa shape index (κ3) is 2.95. The molecule has 0 aromatic heterocycles. The van der Waals surface area contributed by atoms with Gasteiger partial charge in [-0.3, -0.25) is 0 Å². The summed E-state index contributed by atoms with van der Waals surface area (Å²) in [5.41, 5.74) is 10.3. The Kier molecular flexibility index (Phi) is 4.36. The molecule has 1 fully saturated rings. The van der Waals surface area contributed by atoms with Crippen molar-refractivity contribution in [3.05, 3.63) is 29.3 Å². The zero-order valence-corrected chi connectivity index (χ0v) is 14.4. The molecule has 118 valence electrons. The van der Waals surface area contributed by atoms with Crippen LogP contribution in [-0.2, 0) is 4.74 Å². The molecule has 1 aromatic carbocycles. The van der Waals surface area contributed by atoms with Crippen LogP contribution in [0.15, 0.2) is 18.2 Å². The van der Waals surface area contributed by atoms with Gasteiger partial charge in [-0.15, -0.1) is 0 Å². The van der Waals surface area contributed by atoms with Crippen molar-refractivity contribution in [2.75, 3.05) is 25.1 Å². The molecule has 21 heavy (non-hydrogen) atoms. The lowest BCUT2D eigenvalue weighted by Crippen LogP contribution is -2.73. The monoisotopic (exact) mass is 290 g/mol. The third-order valence-electron chi connectivity index (χ3n) is 5.17. The van der Waals surface area contributed by atoms with Crippen LogP contribution in [-0.4, -0.2) is 31.8 Å². The van der Waals surface area contributed by atoms with Crippen LogP contribution in [0.5, 0.6) is 0 Å². The lowest BCUT2D eigenvalue weighted by Gasteiger charge is -2.60. The molecule has 0 amide bonds. The normalized spacial score (nSPS) is 27.3. The highest BCUT2D eigenvalue weighted by Gasteiger charge is 2.58. The number of nitrogens with zero attached hydrogens (tertiary/aromatic N) is 1. The first-order valence-electron chi connectivity index (χ1n) is 7.89. The average molecular weight is 290 g/mol. The van der Waals surface area contributed by atoms with Gasteiger partial charge in [-0.25, -0.2) is 0 Å². The van der Waals surface area contributed by atoms with Crippen molar-refractivity contribution in [3.8, 4) is 0 Å². The summed E-state index contributed by atoms with van der Waals surface area (Å²) in [6.07, 6.45) is 1.21. The van der Waals surface area contributed by atoms with E-state index in [0.29, 0.717) is 0 Å². The number of ether oxygens (including phenoxy) is 1. The maximum absolute atomic E-state index is 6.69. The topological polar surface area (TPSA) is 38.5 Å². The van der Waals surface area contributed by atoms with Gasteiger partial charge in [0.05, 0.1) is 6.10 Å². The summed E-state index contributed by atoms with van der Waals surface area (Å²) >= 11 is 0. The van der Waals surface area contributed by atoms with Gasteiger partial charge in [0.15, 0.2) is 0 Å². The van der Waals surface area contributed by atoms with Crippen molar-refractivity contribution in [3.63, 3.8) is 0 Å². The van der Waals surface area contributed by atoms with Crippen LogP contribution in [0.25, 0.3) is 0 Å². The van der Waals surface area contributed by atoms with Crippen LogP contribution in [0.4, 0.5) is 5.69 Å². The van der Waals surface area contributed by atoms with Gasteiger partial charge in [0.1, 0.15) is 0 Å². The summed E-state index contributed by atoms with van der Waals surface area (Å²) in [5.74, 6) is 0. The molecule has 2 atom stereocenters. The van der Waals surface area contributed by atoms with Crippen LogP contribution < -0.4 is 10.6 Å². The minimum absolute atomic E-state index is 0.0101. The number of anilines is 1. The Bertz CT molecular complexity index is 492. The highest BCUT2D eigenvalue weighted by Crippen LogP contribution is 2.50. The van der Waals surface area contributed by atoms with E-state index in [-0.39, 0.29) is 17.1 Å². The van der Waals surface area contributed by atoms with E-state index < -0.39 is 0 Å². The number of likely N-dealkylation sites (N-methyl/N-ethyl adjacent to an activating group) is 1. The zero-order valence-electron chi connectivity index (χ0n) is 14.4. The van der Waals surface area contributed by atoms with Crippen molar-refractivity contribution in [1.82, 2.24) is 0 Å². The maximum Gasteiger partial charge on any atom is 0.0662 e. The van der Waals surface area contributed by atoms with Gasteiger partial charge >= 0.3 is 0 Å². The minimum Gasteiger partial charge on any atom is -0.378 e. The van der Waals surface area contributed by atoms with E-state index in [1.807, 2.05) is 6.92 Å². The smallest absolute Gasteiger partial charge is 0.0662 e. The molecule has 0 heterocycles. The molecule has 1 saturated carbocycles. The van der Waals surface area contributed by atoms with Gasteiger partial charge in [-0.05, 0) is 50.5 Å². The fraction of sp³-hybridized carbons (Fsp3) is 0.667. The van der Waals surface area contributed by atoms with Crippen molar-refractivity contribution in [2.24, 2.45) is 11.1 Å². The predicted molar refractivity (Wildman–Crippen MR) is 89.9 cm³/mol. The maximum atomic E-state index is 6.69. The number of rotatable bonds is 5. The van der Waals surface area contributed by atoms with E-state index in [1.54, 1.807) is 0 Å². The Balaban J connectivity index is 2.11. The highest BCUT2D eigenvalue weighted by atomic mass is 16.5. The number of nitrogens with two attached hydrogens (primary N) is 1. The van der Waals surface area contributed by atoms with E-state index in [1.165, 1.54) is 16.8 Å². The summed E-state index contributed by atoms with van der Waals surface area (Å²) in [5, 5.41) is 0. The van der Waals surface area contributed by atoms with Crippen LogP contribution >= 0.6 is 0 Å². The number of hydrogen-bond donors (Lipinski definition) is 1. The third-order valence-corrected chi connectivity index (χ3v) is 5.17. The molecule has 0 bridgehead atoms. The van der Waals surface area contributed by atoms with Crippen LogP contribution in [0.3, 0.4) is 0 Å². The summed E-state index contributed by atoms with van der Waals surface area (Å²) in [6, 6.07) is 6.65. The van der Waals surface area contributed by atoms with Crippen molar-refractivity contribution < 1.29 is 4.74 Å². The molecular weight excluding hydrogens is 260 g/mol. The Hall–Kier alpha value is -1.06. The minimum atomic E-state index is -0.195. The first-order valence-corrected chi connectivity index (χ1v) is 7.89. The first-order chi connectivity index (χ1) is 9.69. The van der Waals surface area contributed by atoms with Gasteiger partial charge in [0, 0.05) is 36.8 Å². The van der Waals surface area contributed by atoms with Gasteiger partial charge in [0.2, 0.25) is 0 Å². The first kappa shape index (κ1) is 16.3. The summed E-state index contributed by atoms with van der Waals surface area (Å²) in [6.45, 7) is 12.4. The van der Waals surface area contributed by atoms with Gasteiger partial charge in [0.25, 0.3) is 0 Å². The lowest BCUT2D eigenvalue weighted by molar-refractivity contribution is -0.145. The molecule has 2 unspecified atom stereocenters. The number of aryl methyl sites for hydroxylation is 2. The SMILES string of the molecule is CCOC1CC(N)(CN(C)c2cc(C)cc(C)c2)C1(C)C. The fourth-order valence-electron chi connectivity index (χ4n) is 3.46. The molecular formula is C18H30N2O. The Morgan fingerprint density at radius 1 is 1.24 bits per heavy atom. The van der Waals surface area contributed by atoms with Gasteiger partial charge in [-0.1, -0.05) is 19.9 Å². The molecule has 1 aliphatic rings. The number of hydrogen-bond acceptors (Lipinski definition) is 3. The summed E-state index contributed by atoms with van der Waals surface area (Å²) in [7, 11) is 2.13. The van der Waals surface area contributed by atoms with Gasteiger partial charge < -0.3 is 15.4 Å². The predicted octanol–water partition coefficient (Wildman–Crippen LogP) is 3.27. The van der Waals surface area contributed by atoms with E-state index in [2.05, 4.69) is 57.8 Å². The van der Waals surface area contributed by atoms with Crippen molar-refractivity contribution in [1.29, 1.82) is 0 Å². The van der Waals surface area contributed by atoms with Crippen LogP contribution in [0, 0.1) is 19.3 Å². The highest BCUT2D eigenvalue weighted by molar-refractivity contribution is 5.51. The molecule has 0 saturated heterocycles. The number of benzene rings is 1. The molecule has 0 spiro atoms. The molecule has 0 aliphatic heterocycles. The quantitative estimate of drug-likeness (QED) is 0.904. The fourth-order valence-corrected chi connectivity index (χ4v) is 3.46. The standard InChI is InChI=1S/C18H30N2O/c1-7-21-16-11-18(19,17(16,4)5)12-20(6)15-9-13(2)8-14(3)10-15/h8-10,16H,7,11-12,19H2,1-6H3. The summed E-state index contributed by atoms with van der Waals surface area (Å²) < 4.78 is 5.82. The molecule has 0 radical (unpaired) electrons. The van der Waals surface area contributed by atoms with Crippen molar-refractivity contribution >= 4 is 5.69 Å². The van der Waals surface area contributed by atoms with Crippen LogP contribution in [0.1, 0.15) is 38.3 Å².